The van der Waals surface area contributed by atoms with Gasteiger partial charge in [0.1, 0.15) is 12.5 Å². The monoisotopic (exact) mass is 225 g/mol. The van der Waals surface area contributed by atoms with Crippen LogP contribution in [0.3, 0.4) is 0 Å². The first-order chi connectivity index (χ1) is 6.07. The Hall–Kier alpha value is -0.380. The molecule has 0 saturated carbocycles. The van der Waals surface area contributed by atoms with Crippen LogP contribution in [0.25, 0.3) is 0 Å². The van der Waals surface area contributed by atoms with Crippen molar-refractivity contribution in [2.45, 2.75) is 6.04 Å². The summed E-state index contributed by atoms with van der Waals surface area (Å²) < 4.78 is 25.2. The molecule has 0 aliphatic heterocycles. The maximum atomic E-state index is 13.1. The molecule has 72 valence electrons. The number of nitrogens with two attached hydrogens (primary N) is 1. The van der Waals surface area contributed by atoms with Crippen molar-refractivity contribution < 1.29 is 8.78 Å². The van der Waals surface area contributed by atoms with Crippen LogP contribution in [0, 0.1) is 5.82 Å². The second-order valence-electron chi connectivity index (χ2n) is 2.52. The van der Waals surface area contributed by atoms with Gasteiger partial charge in [0.15, 0.2) is 0 Å². The molecule has 0 saturated heterocycles. The lowest BCUT2D eigenvalue weighted by Gasteiger charge is -2.11. The molecule has 0 bridgehead atoms. The molecule has 0 fully saturated rings. The second kappa shape index (κ2) is 4.22. The van der Waals surface area contributed by atoms with E-state index in [9.17, 15) is 8.78 Å². The fraction of sp³-hybridized carbons (Fsp3) is 0.250. The largest absolute Gasteiger partial charge is 0.322 e. The Balaban J connectivity index is 3.25. The van der Waals surface area contributed by atoms with Crippen LogP contribution in [0.15, 0.2) is 12.1 Å². The van der Waals surface area contributed by atoms with Crippen LogP contribution in [0.2, 0.25) is 10.0 Å². The Kier molecular flexibility index (Phi) is 3.47. The summed E-state index contributed by atoms with van der Waals surface area (Å²) in [5.41, 5.74) is 5.23. The van der Waals surface area contributed by atoms with Gasteiger partial charge in [-0.1, -0.05) is 23.2 Å². The molecule has 1 rings (SSSR count). The Morgan fingerprint density at radius 1 is 1.38 bits per heavy atom. The van der Waals surface area contributed by atoms with E-state index in [0.29, 0.717) is 0 Å². The lowest BCUT2D eigenvalue weighted by atomic mass is 10.1. The smallest absolute Gasteiger partial charge is 0.129 e. The fourth-order valence-electron chi connectivity index (χ4n) is 0.960. The highest BCUT2D eigenvalue weighted by Crippen LogP contribution is 2.31. The highest BCUT2D eigenvalue weighted by Gasteiger charge is 2.17. The van der Waals surface area contributed by atoms with Crippen molar-refractivity contribution in [2.24, 2.45) is 5.73 Å². The van der Waals surface area contributed by atoms with Gasteiger partial charge in [-0.2, -0.15) is 0 Å². The highest BCUT2D eigenvalue weighted by molar-refractivity contribution is 6.42. The third kappa shape index (κ3) is 2.10. The van der Waals surface area contributed by atoms with E-state index in [1.54, 1.807) is 0 Å². The minimum absolute atomic E-state index is 0.0215. The van der Waals surface area contributed by atoms with E-state index in [1.807, 2.05) is 0 Å². The Morgan fingerprint density at radius 3 is 2.54 bits per heavy atom. The molecule has 1 nitrogen and oxygen atoms in total. The van der Waals surface area contributed by atoms with E-state index in [2.05, 4.69) is 0 Å². The number of halogens is 4. The fourth-order valence-corrected chi connectivity index (χ4v) is 1.42. The maximum absolute atomic E-state index is 13.1. The van der Waals surface area contributed by atoms with Crippen LogP contribution in [0.1, 0.15) is 11.6 Å². The molecular weight excluding hydrogens is 219 g/mol. The van der Waals surface area contributed by atoms with Crippen LogP contribution in [0.5, 0.6) is 0 Å². The molecule has 0 aliphatic carbocycles. The molecule has 2 N–H and O–H groups in total. The summed E-state index contributed by atoms with van der Waals surface area (Å²) in [6.45, 7) is -0.878. The summed E-state index contributed by atoms with van der Waals surface area (Å²) in [7, 11) is 0. The highest BCUT2D eigenvalue weighted by atomic mass is 35.5. The summed E-state index contributed by atoms with van der Waals surface area (Å²) in [5.74, 6) is -0.639. The molecule has 0 unspecified atom stereocenters. The molecule has 5 heteroatoms. The standard InChI is InChI=1S/C8H7Cl2F2N/c9-4-1-2-5(12)7(8(4)10)6(13)3-11/h1-2,6H,3,13H2/t6-/m0/s1. The Bertz CT molecular complexity index is 317. The minimum atomic E-state index is -1.06. The van der Waals surface area contributed by atoms with Crippen LogP contribution in [0.4, 0.5) is 8.78 Å². The molecule has 0 aromatic heterocycles. The van der Waals surface area contributed by atoms with Gasteiger partial charge >= 0.3 is 0 Å². The average molecular weight is 226 g/mol. The zero-order valence-corrected chi connectivity index (χ0v) is 8.04. The van der Waals surface area contributed by atoms with Crippen LogP contribution < -0.4 is 5.73 Å². The topological polar surface area (TPSA) is 26.0 Å². The Labute approximate surface area is 84.4 Å². The first-order valence-electron chi connectivity index (χ1n) is 3.53. The number of hydrogen-bond donors (Lipinski definition) is 1. The summed E-state index contributed by atoms with van der Waals surface area (Å²) in [4.78, 5) is 0. The van der Waals surface area contributed by atoms with E-state index >= 15 is 0 Å². The molecule has 0 aliphatic rings. The number of alkyl halides is 1. The third-order valence-corrected chi connectivity index (χ3v) is 2.44. The van der Waals surface area contributed by atoms with Gasteiger partial charge in [-0.05, 0) is 12.1 Å². The number of benzene rings is 1. The number of rotatable bonds is 2. The van der Waals surface area contributed by atoms with Gasteiger partial charge < -0.3 is 5.73 Å². The van der Waals surface area contributed by atoms with Crippen molar-refractivity contribution in [2.75, 3.05) is 6.67 Å². The first-order valence-corrected chi connectivity index (χ1v) is 4.28. The van der Waals surface area contributed by atoms with Gasteiger partial charge in [0, 0.05) is 5.56 Å². The van der Waals surface area contributed by atoms with Crippen LogP contribution in [-0.2, 0) is 0 Å². The SMILES string of the molecule is N[C@@H](CF)c1c(F)ccc(Cl)c1Cl. The van der Waals surface area contributed by atoms with E-state index < -0.39 is 18.5 Å². The molecule has 0 spiro atoms. The predicted molar refractivity (Wildman–Crippen MR) is 49.3 cm³/mol. The molecule has 0 heterocycles. The van der Waals surface area contributed by atoms with Crippen molar-refractivity contribution in [1.29, 1.82) is 0 Å². The number of hydrogen-bond acceptors (Lipinski definition) is 1. The zero-order chi connectivity index (χ0) is 10.0. The van der Waals surface area contributed by atoms with Gasteiger partial charge in [0.2, 0.25) is 0 Å². The van der Waals surface area contributed by atoms with Crippen molar-refractivity contribution in [1.82, 2.24) is 0 Å². The summed E-state index contributed by atoms with van der Waals surface area (Å²) in [6.07, 6.45) is 0. The summed E-state index contributed by atoms with van der Waals surface area (Å²) >= 11 is 11.3. The average Bonchev–Trinajstić information content (AvgIpc) is 2.12. The zero-order valence-electron chi connectivity index (χ0n) is 6.53. The lowest BCUT2D eigenvalue weighted by molar-refractivity contribution is 0.427. The third-order valence-electron chi connectivity index (χ3n) is 1.62. The summed E-state index contributed by atoms with van der Waals surface area (Å²) in [5, 5.41) is 0.147. The molecular formula is C8H7Cl2F2N. The second-order valence-corrected chi connectivity index (χ2v) is 3.30. The van der Waals surface area contributed by atoms with Gasteiger partial charge in [-0.15, -0.1) is 0 Å². The van der Waals surface area contributed by atoms with Crippen molar-refractivity contribution in [3.63, 3.8) is 0 Å². The quantitative estimate of drug-likeness (QED) is 0.770. The molecule has 13 heavy (non-hydrogen) atoms. The summed E-state index contributed by atoms with van der Waals surface area (Å²) in [6, 6.07) is 1.35. The predicted octanol–water partition coefficient (Wildman–Crippen LogP) is 3.10. The Morgan fingerprint density at radius 2 is 2.00 bits per heavy atom. The molecule has 1 atom stereocenters. The van der Waals surface area contributed by atoms with E-state index in [1.165, 1.54) is 6.07 Å². The van der Waals surface area contributed by atoms with E-state index in [4.69, 9.17) is 28.9 Å². The maximum Gasteiger partial charge on any atom is 0.129 e. The molecule has 0 amide bonds. The van der Waals surface area contributed by atoms with Crippen molar-refractivity contribution >= 4 is 23.2 Å². The van der Waals surface area contributed by atoms with E-state index in [-0.39, 0.29) is 15.6 Å². The molecule has 1 aromatic rings. The van der Waals surface area contributed by atoms with Gasteiger partial charge in [0.05, 0.1) is 16.1 Å². The van der Waals surface area contributed by atoms with E-state index in [0.717, 1.165) is 6.07 Å². The van der Waals surface area contributed by atoms with Crippen molar-refractivity contribution in [3.05, 3.63) is 33.6 Å². The van der Waals surface area contributed by atoms with Crippen molar-refractivity contribution in [3.8, 4) is 0 Å². The minimum Gasteiger partial charge on any atom is -0.322 e. The first kappa shape index (κ1) is 10.7. The van der Waals surface area contributed by atoms with Gasteiger partial charge in [-0.3, -0.25) is 0 Å². The van der Waals surface area contributed by atoms with Crippen LogP contribution >= 0.6 is 23.2 Å². The van der Waals surface area contributed by atoms with Crippen LogP contribution in [-0.4, -0.2) is 6.67 Å². The van der Waals surface area contributed by atoms with Gasteiger partial charge in [-0.25, -0.2) is 8.78 Å². The molecule has 0 radical (unpaired) electrons. The van der Waals surface area contributed by atoms with Gasteiger partial charge in [0.25, 0.3) is 0 Å². The molecule has 1 aromatic carbocycles. The lowest BCUT2D eigenvalue weighted by Crippen LogP contribution is -2.14. The normalized spacial score (nSPS) is 13.0.